The maximum absolute atomic E-state index is 12.0. The van der Waals surface area contributed by atoms with E-state index in [9.17, 15) is 4.79 Å². The first-order valence-electron chi connectivity index (χ1n) is 5.51. The minimum Gasteiger partial charge on any atom is -0.399 e. The Morgan fingerprint density at radius 3 is 2.78 bits per heavy atom. The second kappa shape index (κ2) is 6.53. The molecule has 96 valence electrons. The highest BCUT2D eigenvalue weighted by molar-refractivity contribution is 6.44. The average Bonchev–Trinajstić information content (AvgIpc) is 2.32. The lowest BCUT2D eigenvalue weighted by molar-refractivity contribution is 0.0944. The smallest absolute Gasteiger partial charge is 0.253 e. The van der Waals surface area contributed by atoms with Crippen LogP contribution in [0.4, 0.5) is 5.69 Å². The molecular weight excluding hydrogens is 271 g/mol. The Hall–Kier alpha value is -1.37. The second-order valence-corrected chi connectivity index (χ2v) is 4.63. The lowest BCUT2D eigenvalue weighted by atomic mass is 10.1. The predicted octanol–water partition coefficient (Wildman–Crippen LogP) is 3.11. The molecule has 0 heterocycles. The number of anilines is 1. The Balaban J connectivity index is 2.94. The minimum atomic E-state index is -0.370. The molecule has 0 spiro atoms. The summed E-state index contributed by atoms with van der Waals surface area (Å²) in [7, 11) is 0. The maximum atomic E-state index is 12.0. The molecule has 0 saturated heterocycles. The number of nitrogens with one attached hydrogen (secondary N) is 1. The molecule has 18 heavy (non-hydrogen) atoms. The average molecular weight is 285 g/mol. The van der Waals surface area contributed by atoms with Gasteiger partial charge in [-0.2, -0.15) is 0 Å². The molecule has 0 radical (unpaired) electrons. The molecule has 1 aromatic carbocycles. The highest BCUT2D eigenvalue weighted by atomic mass is 35.5. The summed E-state index contributed by atoms with van der Waals surface area (Å²) >= 11 is 11.8. The van der Waals surface area contributed by atoms with Gasteiger partial charge < -0.3 is 11.1 Å². The van der Waals surface area contributed by atoms with E-state index in [1.165, 1.54) is 12.1 Å². The highest BCUT2D eigenvalue weighted by Crippen LogP contribution is 2.28. The lowest BCUT2D eigenvalue weighted by Gasteiger charge is -2.13. The third-order valence-electron chi connectivity index (χ3n) is 2.38. The van der Waals surface area contributed by atoms with E-state index in [2.05, 4.69) is 11.2 Å². The van der Waals surface area contributed by atoms with Crippen molar-refractivity contribution in [2.24, 2.45) is 0 Å². The molecular formula is C13H14Cl2N2O. The van der Waals surface area contributed by atoms with Crippen LogP contribution >= 0.6 is 23.2 Å². The number of benzene rings is 1. The van der Waals surface area contributed by atoms with E-state index >= 15 is 0 Å². The fourth-order valence-corrected chi connectivity index (χ4v) is 1.92. The van der Waals surface area contributed by atoms with Gasteiger partial charge in [0.2, 0.25) is 0 Å². The Morgan fingerprint density at radius 1 is 1.56 bits per heavy atom. The first kappa shape index (κ1) is 14.7. The summed E-state index contributed by atoms with van der Waals surface area (Å²) in [5.41, 5.74) is 6.24. The lowest BCUT2D eigenvalue weighted by Crippen LogP contribution is -2.33. The van der Waals surface area contributed by atoms with Crippen molar-refractivity contribution in [3.8, 4) is 12.3 Å². The van der Waals surface area contributed by atoms with Crippen LogP contribution in [-0.4, -0.2) is 11.9 Å². The molecule has 0 aliphatic heterocycles. The van der Waals surface area contributed by atoms with Crippen molar-refractivity contribution in [1.82, 2.24) is 5.32 Å². The van der Waals surface area contributed by atoms with Gasteiger partial charge in [-0.25, -0.2) is 0 Å². The molecule has 0 saturated carbocycles. The van der Waals surface area contributed by atoms with Crippen molar-refractivity contribution in [3.05, 3.63) is 27.7 Å². The molecule has 1 amide bonds. The largest absolute Gasteiger partial charge is 0.399 e. The zero-order valence-corrected chi connectivity index (χ0v) is 11.5. The Bertz CT molecular complexity index is 494. The molecule has 0 fully saturated rings. The van der Waals surface area contributed by atoms with Gasteiger partial charge in [-0.15, -0.1) is 6.42 Å². The number of amides is 1. The van der Waals surface area contributed by atoms with Gasteiger partial charge in [0.1, 0.15) is 0 Å². The standard InChI is InChI=1S/C13H14Cl2N2O/c1-3-5-9(4-2)17-13(18)10-6-8(16)7-11(14)12(10)15/h2,6-7,9H,3,5,16H2,1H3,(H,17,18). The quantitative estimate of drug-likeness (QED) is 0.659. The number of rotatable bonds is 4. The van der Waals surface area contributed by atoms with Crippen molar-refractivity contribution in [2.45, 2.75) is 25.8 Å². The van der Waals surface area contributed by atoms with Crippen molar-refractivity contribution in [2.75, 3.05) is 5.73 Å². The number of nitrogens with two attached hydrogens (primary N) is 1. The zero-order valence-electron chi connectivity index (χ0n) is 9.97. The van der Waals surface area contributed by atoms with Crippen molar-refractivity contribution in [1.29, 1.82) is 0 Å². The van der Waals surface area contributed by atoms with E-state index < -0.39 is 0 Å². The van der Waals surface area contributed by atoms with Gasteiger partial charge in [0.25, 0.3) is 5.91 Å². The zero-order chi connectivity index (χ0) is 13.7. The topological polar surface area (TPSA) is 55.1 Å². The summed E-state index contributed by atoms with van der Waals surface area (Å²) in [6, 6.07) is 2.65. The van der Waals surface area contributed by atoms with Crippen molar-refractivity contribution < 1.29 is 4.79 Å². The van der Waals surface area contributed by atoms with Crippen LogP contribution in [0.2, 0.25) is 10.0 Å². The summed E-state index contributed by atoms with van der Waals surface area (Å²) in [6.45, 7) is 1.99. The van der Waals surface area contributed by atoms with Crippen LogP contribution in [0, 0.1) is 12.3 Å². The normalized spacial score (nSPS) is 11.7. The van der Waals surface area contributed by atoms with Gasteiger partial charge in [0, 0.05) is 5.69 Å². The van der Waals surface area contributed by atoms with Crippen LogP contribution in [0.25, 0.3) is 0 Å². The molecule has 3 nitrogen and oxygen atoms in total. The summed E-state index contributed by atoms with van der Waals surface area (Å²) in [4.78, 5) is 12.0. The first-order valence-corrected chi connectivity index (χ1v) is 6.26. The molecule has 1 atom stereocenters. The van der Waals surface area contributed by atoms with Crippen LogP contribution in [-0.2, 0) is 0 Å². The van der Waals surface area contributed by atoms with E-state index in [0.717, 1.165) is 6.42 Å². The minimum absolute atomic E-state index is 0.177. The second-order valence-electron chi connectivity index (χ2n) is 3.85. The molecule has 0 aliphatic rings. The molecule has 5 heteroatoms. The fraction of sp³-hybridized carbons (Fsp3) is 0.308. The van der Waals surface area contributed by atoms with Gasteiger partial charge in [-0.05, 0) is 18.6 Å². The van der Waals surface area contributed by atoms with E-state index in [-0.39, 0.29) is 27.6 Å². The van der Waals surface area contributed by atoms with Gasteiger partial charge in [-0.1, -0.05) is 42.5 Å². The molecule has 1 aromatic rings. The van der Waals surface area contributed by atoms with E-state index in [1.807, 2.05) is 6.92 Å². The molecule has 0 aliphatic carbocycles. The third kappa shape index (κ3) is 3.56. The fourth-order valence-electron chi connectivity index (χ4n) is 1.50. The Morgan fingerprint density at radius 2 is 2.22 bits per heavy atom. The number of carbonyl (C=O) groups excluding carboxylic acids is 1. The summed E-state index contributed by atoms with van der Waals surface area (Å²) in [6.07, 6.45) is 6.91. The van der Waals surface area contributed by atoms with E-state index in [1.54, 1.807) is 0 Å². The van der Waals surface area contributed by atoms with Gasteiger partial charge >= 0.3 is 0 Å². The molecule has 3 N–H and O–H groups in total. The van der Waals surface area contributed by atoms with Crippen molar-refractivity contribution >= 4 is 34.8 Å². The summed E-state index contributed by atoms with van der Waals surface area (Å²) in [5.74, 6) is 2.14. The summed E-state index contributed by atoms with van der Waals surface area (Å²) in [5, 5.41) is 3.13. The number of hydrogen-bond donors (Lipinski definition) is 2. The molecule has 1 unspecified atom stereocenters. The van der Waals surface area contributed by atoms with E-state index in [0.29, 0.717) is 12.1 Å². The number of hydrogen-bond acceptors (Lipinski definition) is 2. The van der Waals surface area contributed by atoms with Crippen LogP contribution < -0.4 is 11.1 Å². The SMILES string of the molecule is C#CC(CCC)NC(=O)c1cc(N)cc(Cl)c1Cl. The molecule has 0 aromatic heterocycles. The summed E-state index contributed by atoms with van der Waals surface area (Å²) < 4.78 is 0. The highest BCUT2D eigenvalue weighted by Gasteiger charge is 2.16. The first-order chi connectivity index (χ1) is 8.49. The van der Waals surface area contributed by atoms with Crippen LogP contribution in [0.3, 0.4) is 0 Å². The predicted molar refractivity (Wildman–Crippen MR) is 75.9 cm³/mol. The van der Waals surface area contributed by atoms with E-state index in [4.69, 9.17) is 35.4 Å². The number of carbonyl (C=O) groups is 1. The Kier molecular flexibility index (Phi) is 5.33. The van der Waals surface area contributed by atoms with Crippen LogP contribution in [0.15, 0.2) is 12.1 Å². The number of halogens is 2. The molecule has 0 bridgehead atoms. The van der Waals surface area contributed by atoms with Crippen molar-refractivity contribution in [3.63, 3.8) is 0 Å². The number of terminal acetylenes is 1. The molecule has 1 rings (SSSR count). The monoisotopic (exact) mass is 284 g/mol. The van der Waals surface area contributed by atoms with Gasteiger partial charge in [-0.3, -0.25) is 4.79 Å². The van der Waals surface area contributed by atoms with Crippen LogP contribution in [0.1, 0.15) is 30.1 Å². The van der Waals surface area contributed by atoms with Gasteiger partial charge in [0.05, 0.1) is 21.7 Å². The van der Waals surface area contributed by atoms with Gasteiger partial charge in [0.15, 0.2) is 0 Å². The van der Waals surface area contributed by atoms with Crippen LogP contribution in [0.5, 0.6) is 0 Å². The third-order valence-corrected chi connectivity index (χ3v) is 3.18. The maximum Gasteiger partial charge on any atom is 0.253 e. The number of nitrogen functional groups attached to an aromatic ring is 1. The Labute approximate surface area is 117 Å².